The van der Waals surface area contributed by atoms with Gasteiger partial charge >= 0.3 is 0 Å². The summed E-state index contributed by atoms with van der Waals surface area (Å²) in [6, 6.07) is 10.7. The quantitative estimate of drug-likeness (QED) is 0.918. The van der Waals surface area contributed by atoms with Crippen LogP contribution in [0.4, 0.5) is 0 Å². The van der Waals surface area contributed by atoms with Crippen molar-refractivity contribution in [2.75, 3.05) is 19.6 Å². The minimum absolute atomic E-state index is 0.00148. The summed E-state index contributed by atoms with van der Waals surface area (Å²) in [5.74, 6) is 0.0142. The summed E-state index contributed by atoms with van der Waals surface area (Å²) < 4.78 is 0. The van der Waals surface area contributed by atoms with Gasteiger partial charge in [0.2, 0.25) is 11.8 Å². The molecule has 130 valence electrons. The maximum absolute atomic E-state index is 12.5. The average molecular weight is 329 g/mol. The highest BCUT2D eigenvalue weighted by Crippen LogP contribution is 2.25. The maximum atomic E-state index is 12.5. The molecule has 0 bridgehead atoms. The zero-order valence-corrected chi connectivity index (χ0v) is 14.6. The Morgan fingerprint density at radius 3 is 2.62 bits per heavy atom. The molecule has 2 saturated heterocycles. The van der Waals surface area contributed by atoms with Crippen LogP contribution in [0.15, 0.2) is 30.3 Å². The molecule has 0 spiro atoms. The SMILES string of the molecule is CC(=O)N1CCC[C@@H]1C(=O)N[C@@H]1CCN([C@@H](C)c2ccccc2)C1. The predicted octanol–water partition coefficient (Wildman–Crippen LogP) is 1.95. The van der Waals surface area contributed by atoms with Gasteiger partial charge in [-0.2, -0.15) is 0 Å². The van der Waals surface area contributed by atoms with Crippen molar-refractivity contribution in [1.82, 2.24) is 15.1 Å². The highest BCUT2D eigenvalue weighted by molar-refractivity contribution is 5.87. The van der Waals surface area contributed by atoms with Gasteiger partial charge in [0.15, 0.2) is 0 Å². The molecule has 0 radical (unpaired) electrons. The number of likely N-dealkylation sites (tertiary alicyclic amines) is 2. The van der Waals surface area contributed by atoms with Crippen LogP contribution in [0.3, 0.4) is 0 Å². The minimum Gasteiger partial charge on any atom is -0.350 e. The second kappa shape index (κ2) is 7.34. The predicted molar refractivity (Wildman–Crippen MR) is 93.4 cm³/mol. The molecule has 5 heteroatoms. The molecule has 0 aromatic heterocycles. The number of rotatable bonds is 4. The van der Waals surface area contributed by atoms with Gasteiger partial charge in [-0.15, -0.1) is 0 Å². The topological polar surface area (TPSA) is 52.7 Å². The molecule has 2 fully saturated rings. The number of hydrogen-bond acceptors (Lipinski definition) is 3. The highest BCUT2D eigenvalue weighted by atomic mass is 16.2. The third-order valence-corrected chi connectivity index (χ3v) is 5.36. The number of carbonyl (C=O) groups is 2. The molecule has 24 heavy (non-hydrogen) atoms. The lowest BCUT2D eigenvalue weighted by atomic mass is 10.1. The van der Waals surface area contributed by atoms with Crippen LogP contribution < -0.4 is 5.32 Å². The summed E-state index contributed by atoms with van der Waals surface area (Å²) in [5, 5.41) is 3.17. The van der Waals surface area contributed by atoms with Crippen LogP contribution in [0, 0.1) is 0 Å². The third-order valence-electron chi connectivity index (χ3n) is 5.36. The molecule has 5 nitrogen and oxygen atoms in total. The second-order valence-corrected chi connectivity index (χ2v) is 6.95. The summed E-state index contributed by atoms with van der Waals surface area (Å²) in [6.07, 6.45) is 2.66. The van der Waals surface area contributed by atoms with Gasteiger partial charge in [0.05, 0.1) is 0 Å². The Morgan fingerprint density at radius 2 is 1.92 bits per heavy atom. The van der Waals surface area contributed by atoms with Gasteiger partial charge in [-0.05, 0) is 31.7 Å². The number of nitrogens with zero attached hydrogens (tertiary/aromatic N) is 2. The Bertz CT molecular complexity index is 590. The Labute approximate surface area is 144 Å². The Morgan fingerprint density at radius 1 is 1.17 bits per heavy atom. The van der Waals surface area contributed by atoms with Gasteiger partial charge in [-0.1, -0.05) is 30.3 Å². The molecule has 1 N–H and O–H groups in total. The van der Waals surface area contributed by atoms with Crippen molar-refractivity contribution in [3.63, 3.8) is 0 Å². The normalized spacial score (nSPS) is 25.7. The highest BCUT2D eigenvalue weighted by Gasteiger charge is 2.35. The molecule has 3 atom stereocenters. The fourth-order valence-corrected chi connectivity index (χ4v) is 3.91. The largest absolute Gasteiger partial charge is 0.350 e. The van der Waals surface area contributed by atoms with E-state index in [1.165, 1.54) is 5.56 Å². The van der Waals surface area contributed by atoms with Gasteiger partial charge in [0, 0.05) is 38.6 Å². The Hall–Kier alpha value is -1.88. The van der Waals surface area contributed by atoms with E-state index in [-0.39, 0.29) is 23.9 Å². The summed E-state index contributed by atoms with van der Waals surface area (Å²) in [4.78, 5) is 28.3. The molecule has 2 aliphatic rings. The second-order valence-electron chi connectivity index (χ2n) is 6.95. The number of nitrogens with one attached hydrogen (secondary N) is 1. The van der Waals surface area contributed by atoms with E-state index in [9.17, 15) is 9.59 Å². The molecular formula is C19H27N3O2. The fourth-order valence-electron chi connectivity index (χ4n) is 3.91. The van der Waals surface area contributed by atoms with E-state index in [4.69, 9.17) is 0 Å². The summed E-state index contributed by atoms with van der Waals surface area (Å²) >= 11 is 0. The smallest absolute Gasteiger partial charge is 0.243 e. The first kappa shape index (κ1) is 17.0. The van der Waals surface area contributed by atoms with Crippen molar-refractivity contribution in [2.45, 2.75) is 51.2 Å². The lowest BCUT2D eigenvalue weighted by Gasteiger charge is -2.26. The fraction of sp³-hybridized carbons (Fsp3) is 0.579. The van der Waals surface area contributed by atoms with Crippen molar-refractivity contribution < 1.29 is 9.59 Å². The summed E-state index contributed by atoms with van der Waals surface area (Å²) in [6.45, 7) is 6.32. The third kappa shape index (κ3) is 3.61. The molecule has 0 aliphatic carbocycles. The first-order valence-electron chi connectivity index (χ1n) is 8.93. The zero-order chi connectivity index (χ0) is 17.1. The first-order valence-corrected chi connectivity index (χ1v) is 8.93. The van der Waals surface area contributed by atoms with E-state index in [0.717, 1.165) is 32.4 Å². The van der Waals surface area contributed by atoms with Crippen LogP contribution in [0.5, 0.6) is 0 Å². The van der Waals surface area contributed by atoms with Gasteiger partial charge < -0.3 is 10.2 Å². The van der Waals surface area contributed by atoms with E-state index < -0.39 is 0 Å². The lowest BCUT2D eigenvalue weighted by molar-refractivity contribution is -0.137. The van der Waals surface area contributed by atoms with Crippen LogP contribution in [0.1, 0.15) is 44.7 Å². The van der Waals surface area contributed by atoms with Crippen LogP contribution in [0.2, 0.25) is 0 Å². The molecule has 1 aromatic carbocycles. The molecule has 2 heterocycles. The Kier molecular flexibility index (Phi) is 5.19. The number of carbonyl (C=O) groups excluding carboxylic acids is 2. The molecule has 2 aliphatic heterocycles. The summed E-state index contributed by atoms with van der Waals surface area (Å²) in [5.41, 5.74) is 1.31. The van der Waals surface area contributed by atoms with Gasteiger partial charge in [0.25, 0.3) is 0 Å². The van der Waals surface area contributed by atoms with Gasteiger partial charge in [-0.25, -0.2) is 0 Å². The lowest BCUT2D eigenvalue weighted by Crippen LogP contribution is -2.49. The van der Waals surface area contributed by atoms with Crippen molar-refractivity contribution in [3.8, 4) is 0 Å². The van der Waals surface area contributed by atoms with Crippen LogP contribution in [0.25, 0.3) is 0 Å². The van der Waals surface area contributed by atoms with E-state index >= 15 is 0 Å². The first-order chi connectivity index (χ1) is 11.6. The maximum Gasteiger partial charge on any atom is 0.243 e. The monoisotopic (exact) mass is 329 g/mol. The van der Waals surface area contributed by atoms with Crippen LogP contribution in [-0.2, 0) is 9.59 Å². The van der Waals surface area contributed by atoms with E-state index in [2.05, 4.69) is 41.4 Å². The number of amides is 2. The molecule has 3 rings (SSSR count). The number of benzene rings is 1. The zero-order valence-electron chi connectivity index (χ0n) is 14.6. The van der Waals surface area contributed by atoms with Gasteiger partial charge in [0.1, 0.15) is 6.04 Å². The average Bonchev–Trinajstić information content (AvgIpc) is 3.24. The minimum atomic E-state index is -0.275. The van der Waals surface area contributed by atoms with Crippen molar-refractivity contribution in [1.29, 1.82) is 0 Å². The van der Waals surface area contributed by atoms with Crippen molar-refractivity contribution in [3.05, 3.63) is 35.9 Å². The van der Waals surface area contributed by atoms with Crippen LogP contribution >= 0.6 is 0 Å². The molecule has 0 saturated carbocycles. The molecule has 0 unspecified atom stereocenters. The molecule has 2 amide bonds. The van der Waals surface area contributed by atoms with E-state index in [0.29, 0.717) is 12.6 Å². The van der Waals surface area contributed by atoms with Crippen molar-refractivity contribution >= 4 is 11.8 Å². The molecular weight excluding hydrogens is 302 g/mol. The molecule has 1 aromatic rings. The number of hydrogen-bond donors (Lipinski definition) is 1. The van der Waals surface area contributed by atoms with E-state index in [1.54, 1.807) is 11.8 Å². The standard InChI is InChI=1S/C19H27N3O2/c1-14(16-7-4-3-5-8-16)21-12-10-17(13-21)20-19(24)18-9-6-11-22(18)15(2)23/h3-5,7-8,14,17-18H,6,9-13H2,1-2H3,(H,20,24)/t14-,17+,18+/m0/s1. The van der Waals surface area contributed by atoms with Crippen LogP contribution in [-0.4, -0.2) is 53.3 Å². The van der Waals surface area contributed by atoms with E-state index in [1.807, 2.05) is 6.07 Å². The summed E-state index contributed by atoms with van der Waals surface area (Å²) in [7, 11) is 0. The Balaban J connectivity index is 1.54. The van der Waals surface area contributed by atoms with Gasteiger partial charge in [-0.3, -0.25) is 14.5 Å². The van der Waals surface area contributed by atoms with Crippen molar-refractivity contribution in [2.24, 2.45) is 0 Å².